The van der Waals surface area contributed by atoms with Gasteiger partial charge in [-0.25, -0.2) is 4.98 Å². The van der Waals surface area contributed by atoms with E-state index in [2.05, 4.69) is 35.5 Å². The molecule has 0 radical (unpaired) electrons. The molecule has 3 fully saturated rings. The van der Waals surface area contributed by atoms with Gasteiger partial charge in [0.1, 0.15) is 24.3 Å². The van der Waals surface area contributed by atoms with Crippen molar-refractivity contribution in [3.05, 3.63) is 83.2 Å². The van der Waals surface area contributed by atoms with Crippen molar-refractivity contribution in [2.45, 2.75) is 96.7 Å². The molecule has 5 N–H and O–H groups in total. The van der Waals surface area contributed by atoms with Crippen LogP contribution in [0.4, 0.5) is 11.5 Å². The Morgan fingerprint density at radius 3 is 2.36 bits per heavy atom. The molecule has 0 aliphatic carbocycles. The molecular formula is C52H69N9O8S. The molecule has 0 saturated carbocycles. The summed E-state index contributed by atoms with van der Waals surface area (Å²) in [6, 6.07) is 17.6. The third-order valence-electron chi connectivity index (χ3n) is 14.3. The molecule has 2 aromatic carbocycles. The van der Waals surface area contributed by atoms with Gasteiger partial charge in [0.15, 0.2) is 11.6 Å². The number of anilines is 2. The fourth-order valence-electron chi connectivity index (χ4n) is 10.1. The Balaban J connectivity index is 0.682. The van der Waals surface area contributed by atoms with Crippen molar-refractivity contribution in [3.63, 3.8) is 0 Å². The number of hydrogen-bond acceptors (Lipinski definition) is 16. The zero-order valence-corrected chi connectivity index (χ0v) is 41.7. The highest BCUT2D eigenvalue weighted by Gasteiger charge is 2.44. The Hall–Kier alpha value is -5.66. The molecule has 6 heterocycles. The zero-order chi connectivity index (χ0) is 49.2. The number of phenols is 1. The monoisotopic (exact) mass is 979 g/mol. The van der Waals surface area contributed by atoms with E-state index in [4.69, 9.17) is 24.5 Å². The minimum Gasteiger partial charge on any atom is -0.507 e. The highest BCUT2D eigenvalue weighted by Crippen LogP contribution is 2.43. The van der Waals surface area contributed by atoms with Crippen LogP contribution in [0.25, 0.3) is 21.7 Å². The first-order chi connectivity index (χ1) is 33.9. The van der Waals surface area contributed by atoms with Gasteiger partial charge in [0.25, 0.3) is 5.88 Å². The van der Waals surface area contributed by atoms with E-state index in [9.17, 15) is 19.8 Å². The molecule has 3 aromatic heterocycles. The molecule has 3 aliphatic heterocycles. The fraction of sp³-hybridized carbons (Fsp3) is 0.538. The quantitative estimate of drug-likeness (QED) is 0.0545. The number of phenolic OH excluding ortho intramolecular Hbond substituents is 1. The smallest absolute Gasteiger partial charge is 0.254 e. The lowest BCUT2D eigenvalue weighted by Gasteiger charge is -2.47. The van der Waals surface area contributed by atoms with Crippen molar-refractivity contribution in [1.29, 1.82) is 0 Å². The maximum Gasteiger partial charge on any atom is 0.254 e. The highest BCUT2D eigenvalue weighted by molar-refractivity contribution is 7.13. The number of aliphatic hydroxyl groups is 1. The summed E-state index contributed by atoms with van der Waals surface area (Å²) >= 11 is 1.59. The number of carbonyl (C=O) groups is 2. The number of aromatic hydroxyl groups is 1. The number of piperidine rings is 2. The van der Waals surface area contributed by atoms with Gasteiger partial charge in [-0.2, -0.15) is 0 Å². The fourth-order valence-corrected chi connectivity index (χ4v) is 10.9. The first-order valence-corrected chi connectivity index (χ1v) is 25.7. The second-order valence-corrected chi connectivity index (χ2v) is 20.3. The molecule has 3 aliphatic rings. The average molecular weight is 980 g/mol. The molecule has 1 spiro atoms. The van der Waals surface area contributed by atoms with Crippen LogP contribution in [0.5, 0.6) is 11.6 Å². The van der Waals surface area contributed by atoms with Gasteiger partial charge in [-0.1, -0.05) is 50.2 Å². The number of hydrogen-bond donors (Lipinski definition) is 4. The number of unbranched alkanes of at least 4 members (excludes halogenated alkanes) is 1. The second-order valence-electron chi connectivity index (χ2n) is 19.4. The summed E-state index contributed by atoms with van der Waals surface area (Å²) in [6.07, 6.45) is 6.07. The lowest BCUT2D eigenvalue weighted by atomic mass is 9.71. The number of nitrogens with zero attached hydrogens (tertiary/aromatic N) is 7. The van der Waals surface area contributed by atoms with Crippen molar-refractivity contribution < 1.29 is 38.5 Å². The van der Waals surface area contributed by atoms with Crippen LogP contribution in [-0.2, 0) is 19.1 Å². The summed E-state index contributed by atoms with van der Waals surface area (Å²) < 4.78 is 23.0. The lowest BCUT2D eigenvalue weighted by Crippen LogP contribution is -2.48. The standard InChI is InChI=1S/C52H69N9O8S/c1-34(2)47(51(65)61-32-39(62)29-43(61)50(64)55-35(3)37-11-13-38(14-12-37)48-36(4)54-33-70-48)45-31-46(58-69-45)68-28-27-67-26-25-66-24-8-7-19-59-20-15-52(16-21-59)17-22-60(23-18-52)42-30-41(56-57-49(42)53)40-9-5-6-10-44(40)63/h5-6,9-14,30-31,33-35,39,43,47,62-63H,7-8,15-29,32H2,1-4H3,(H2,53,57)(H,55,64)/t35-,39+,43-,47-/m0/s1. The SMILES string of the molecule is Cc1ncsc1-c1ccc([C@H](C)NC(=O)[C@@H]2C[C@@H](O)CN2C(=O)[C@H](c2cc(OCCOCCOCCCCN3CCC4(CC3)CCN(c3cc(-c5ccccc5O)nnc3N)CC4)no2)C(C)C)cc1. The first-order valence-electron chi connectivity index (χ1n) is 24.8. The molecule has 8 rings (SSSR count). The van der Waals surface area contributed by atoms with Crippen LogP contribution in [0.1, 0.15) is 94.7 Å². The van der Waals surface area contributed by atoms with Crippen LogP contribution in [0.15, 0.2) is 70.7 Å². The van der Waals surface area contributed by atoms with Gasteiger partial charge in [-0.05, 0) is 118 Å². The molecule has 2 amide bonds. The molecule has 0 unspecified atom stereocenters. The van der Waals surface area contributed by atoms with Gasteiger partial charge in [-0.15, -0.1) is 21.5 Å². The van der Waals surface area contributed by atoms with Gasteiger partial charge < -0.3 is 54.7 Å². The van der Waals surface area contributed by atoms with Gasteiger partial charge in [-0.3, -0.25) is 9.59 Å². The third-order valence-corrected chi connectivity index (χ3v) is 15.3. The summed E-state index contributed by atoms with van der Waals surface area (Å²) in [5.41, 5.74) is 13.6. The zero-order valence-electron chi connectivity index (χ0n) is 40.9. The van der Waals surface area contributed by atoms with Crippen LogP contribution in [0.2, 0.25) is 0 Å². The minimum atomic E-state index is -0.830. The summed E-state index contributed by atoms with van der Waals surface area (Å²) in [4.78, 5) is 39.6. The van der Waals surface area contributed by atoms with Gasteiger partial charge >= 0.3 is 0 Å². The number of β-amino-alcohol motifs (C(OH)–C–C–N with tert-alkyl or cyclic N) is 1. The van der Waals surface area contributed by atoms with E-state index in [0.717, 1.165) is 85.8 Å². The maximum atomic E-state index is 14.1. The summed E-state index contributed by atoms with van der Waals surface area (Å²) in [5, 5.41) is 36.6. The topological polar surface area (TPSA) is 215 Å². The van der Waals surface area contributed by atoms with Crippen LogP contribution < -0.4 is 20.7 Å². The van der Waals surface area contributed by atoms with E-state index in [1.54, 1.807) is 29.5 Å². The molecule has 5 aromatic rings. The van der Waals surface area contributed by atoms with Crippen molar-refractivity contribution >= 4 is 34.7 Å². The van der Waals surface area contributed by atoms with Gasteiger partial charge in [0.05, 0.1) is 59.4 Å². The molecule has 376 valence electrons. The number of rotatable bonds is 21. The highest BCUT2D eigenvalue weighted by atomic mass is 32.1. The lowest BCUT2D eigenvalue weighted by molar-refractivity contribution is -0.141. The number of nitrogens with one attached hydrogen (secondary N) is 1. The predicted octanol–water partition coefficient (Wildman–Crippen LogP) is 7.00. The molecule has 70 heavy (non-hydrogen) atoms. The van der Waals surface area contributed by atoms with Gasteiger partial charge in [0, 0.05) is 44.3 Å². The van der Waals surface area contributed by atoms with Crippen molar-refractivity contribution in [2.75, 3.05) is 82.9 Å². The number of aromatic nitrogens is 4. The molecule has 3 saturated heterocycles. The number of thiazole rings is 1. The summed E-state index contributed by atoms with van der Waals surface area (Å²) in [5.74, 6) is -0.357. The number of nitrogens with two attached hydrogens (primary N) is 1. The minimum absolute atomic E-state index is 0.0484. The van der Waals surface area contributed by atoms with Gasteiger partial charge in [0.2, 0.25) is 11.8 Å². The number of para-hydroxylation sites is 1. The number of likely N-dealkylation sites (tertiary alicyclic amines) is 2. The van der Waals surface area contributed by atoms with Crippen LogP contribution in [-0.4, -0.2) is 137 Å². The normalized spacial score (nSPS) is 19.2. The molecular weight excluding hydrogens is 911 g/mol. The van der Waals surface area contributed by atoms with Crippen molar-refractivity contribution in [2.24, 2.45) is 11.3 Å². The molecule has 0 bridgehead atoms. The number of amides is 2. The Kier molecular flexibility index (Phi) is 17.0. The Labute approximate surface area is 414 Å². The van der Waals surface area contributed by atoms with Crippen LogP contribution in [0, 0.1) is 18.3 Å². The average Bonchev–Trinajstić information content (AvgIpc) is 4.12. The third kappa shape index (κ3) is 12.4. The van der Waals surface area contributed by atoms with E-state index in [1.165, 1.54) is 17.7 Å². The van der Waals surface area contributed by atoms with Crippen molar-refractivity contribution in [1.82, 2.24) is 35.5 Å². The number of aliphatic hydroxyl groups excluding tert-OH is 1. The molecule has 18 heteroatoms. The van der Waals surface area contributed by atoms with E-state index >= 15 is 0 Å². The maximum absolute atomic E-state index is 14.1. The van der Waals surface area contributed by atoms with Crippen molar-refractivity contribution in [3.8, 4) is 33.3 Å². The number of benzene rings is 2. The number of aryl methyl sites for hydroxylation is 1. The first kappa shape index (κ1) is 50.7. The number of ether oxygens (including phenoxy) is 3. The van der Waals surface area contributed by atoms with Crippen LogP contribution >= 0.6 is 11.3 Å². The van der Waals surface area contributed by atoms with Crippen LogP contribution in [0.3, 0.4) is 0 Å². The van der Waals surface area contributed by atoms with E-state index in [1.807, 2.05) is 75.7 Å². The Bertz CT molecular complexity index is 2480. The largest absolute Gasteiger partial charge is 0.507 e. The Morgan fingerprint density at radius 2 is 1.64 bits per heavy atom. The number of carbonyl (C=O) groups excluding carboxylic acids is 2. The van der Waals surface area contributed by atoms with E-state index < -0.39 is 18.1 Å². The summed E-state index contributed by atoms with van der Waals surface area (Å²) in [7, 11) is 0. The predicted molar refractivity (Wildman–Crippen MR) is 269 cm³/mol. The van der Waals surface area contributed by atoms with E-state index in [0.29, 0.717) is 54.7 Å². The number of nitrogen functional groups attached to an aromatic ring is 1. The molecule has 17 nitrogen and oxygen atoms in total. The summed E-state index contributed by atoms with van der Waals surface area (Å²) in [6.45, 7) is 15.1. The molecule has 4 atom stereocenters. The second kappa shape index (κ2) is 23.5. The Morgan fingerprint density at radius 1 is 0.929 bits per heavy atom. The van der Waals surface area contributed by atoms with E-state index in [-0.39, 0.29) is 55.0 Å².